The van der Waals surface area contributed by atoms with Crippen molar-refractivity contribution in [1.29, 1.82) is 0 Å². The molecule has 0 unspecified atom stereocenters. The molecule has 3 heterocycles. The Morgan fingerprint density at radius 3 is 1.11 bits per heavy atom. The first-order valence-electron chi connectivity index (χ1n) is 18.1. The Balaban J connectivity index is 1.13. The zero-order valence-electron chi connectivity index (χ0n) is 29.5. The van der Waals surface area contributed by atoms with Crippen LogP contribution in [0.1, 0.15) is 0 Å². The summed E-state index contributed by atoms with van der Waals surface area (Å²) in [4.78, 5) is 30.1. The fourth-order valence-electron chi connectivity index (χ4n) is 7.09. The van der Waals surface area contributed by atoms with Gasteiger partial charge in [-0.2, -0.15) is 0 Å². The fraction of sp³-hybridized carbons (Fsp3) is 0. The molecule has 10 rings (SSSR count). The van der Waals surface area contributed by atoms with Crippen molar-refractivity contribution >= 4 is 21.8 Å². The van der Waals surface area contributed by atoms with Gasteiger partial charge in [-0.15, -0.1) is 0 Å². The van der Waals surface area contributed by atoms with Crippen molar-refractivity contribution in [3.63, 3.8) is 0 Å². The highest BCUT2D eigenvalue weighted by Crippen LogP contribution is 2.38. The van der Waals surface area contributed by atoms with Crippen LogP contribution >= 0.6 is 0 Å². The topological polar surface area (TPSA) is 82.3 Å². The predicted molar refractivity (Wildman–Crippen MR) is 220 cm³/mol. The first-order chi connectivity index (χ1) is 27.3. The molecule has 0 bridgehead atoms. The van der Waals surface area contributed by atoms with E-state index >= 15 is 0 Å². The standard InChI is InChI=1S/C48H31N7/c1-5-16-32(17-6-1)43-49-44(33-18-7-2-8-19-33)51-46(50-43)35-28-30-36(31-29-35)47-52-45(34-20-9-3-10-21-34)53-48(54-47)40-26-15-25-39-38-24-13-14-27-41(38)55(42(39)40)37-22-11-4-12-23-37/h1-31H. The van der Waals surface area contributed by atoms with Crippen molar-refractivity contribution in [2.45, 2.75) is 0 Å². The van der Waals surface area contributed by atoms with E-state index in [1.54, 1.807) is 0 Å². The molecule has 0 amide bonds. The van der Waals surface area contributed by atoms with Crippen LogP contribution in [-0.4, -0.2) is 34.5 Å². The van der Waals surface area contributed by atoms with E-state index in [-0.39, 0.29) is 0 Å². The molecule has 258 valence electrons. The monoisotopic (exact) mass is 705 g/mol. The van der Waals surface area contributed by atoms with Crippen molar-refractivity contribution in [3.05, 3.63) is 188 Å². The van der Waals surface area contributed by atoms with Gasteiger partial charge in [0.2, 0.25) is 0 Å². The van der Waals surface area contributed by atoms with Crippen LogP contribution in [0.15, 0.2) is 188 Å². The van der Waals surface area contributed by atoms with E-state index in [9.17, 15) is 0 Å². The maximum atomic E-state index is 5.19. The molecule has 0 atom stereocenters. The van der Waals surface area contributed by atoms with E-state index in [4.69, 9.17) is 29.9 Å². The lowest BCUT2D eigenvalue weighted by Crippen LogP contribution is -2.02. The van der Waals surface area contributed by atoms with Crippen LogP contribution in [0.4, 0.5) is 0 Å². The summed E-state index contributed by atoms with van der Waals surface area (Å²) in [5, 5.41) is 2.30. The fourth-order valence-corrected chi connectivity index (χ4v) is 7.09. The van der Waals surface area contributed by atoms with Gasteiger partial charge in [0, 0.05) is 49.8 Å². The summed E-state index contributed by atoms with van der Waals surface area (Å²) in [6, 6.07) is 63.5. The number of nitrogens with zero attached hydrogens (tertiary/aromatic N) is 7. The number of para-hydroxylation sites is 3. The number of hydrogen-bond donors (Lipinski definition) is 0. The molecule has 7 heteroatoms. The van der Waals surface area contributed by atoms with Crippen LogP contribution in [0.5, 0.6) is 0 Å². The SMILES string of the molecule is c1ccc(-c2nc(-c3ccccc3)nc(-c3ccc(-c4nc(-c5ccccc5)nc(-c5cccc6c7ccccc7n(-c7ccccc7)c56)n4)cc3)n2)cc1. The van der Waals surface area contributed by atoms with Crippen molar-refractivity contribution in [2.24, 2.45) is 0 Å². The molecule has 0 aliphatic carbocycles. The molecule has 0 saturated heterocycles. The molecular weight excluding hydrogens is 675 g/mol. The quantitative estimate of drug-likeness (QED) is 0.164. The number of hydrogen-bond acceptors (Lipinski definition) is 6. The molecule has 0 fully saturated rings. The van der Waals surface area contributed by atoms with Crippen LogP contribution in [0.3, 0.4) is 0 Å². The summed E-state index contributed by atoms with van der Waals surface area (Å²) < 4.78 is 2.31. The molecule has 10 aromatic rings. The van der Waals surface area contributed by atoms with Crippen LogP contribution in [0.25, 0.3) is 95.8 Å². The van der Waals surface area contributed by atoms with E-state index in [1.807, 2.05) is 121 Å². The second-order valence-corrected chi connectivity index (χ2v) is 13.2. The lowest BCUT2D eigenvalue weighted by molar-refractivity contribution is 1.07. The van der Waals surface area contributed by atoms with E-state index < -0.39 is 0 Å². The highest BCUT2D eigenvalue weighted by atomic mass is 15.1. The van der Waals surface area contributed by atoms with Gasteiger partial charge in [0.15, 0.2) is 34.9 Å². The van der Waals surface area contributed by atoms with E-state index in [0.717, 1.165) is 55.5 Å². The Labute approximate surface area is 317 Å². The smallest absolute Gasteiger partial charge is 0.166 e. The Hall–Kier alpha value is -7.64. The average molecular weight is 706 g/mol. The van der Waals surface area contributed by atoms with Gasteiger partial charge < -0.3 is 4.57 Å². The van der Waals surface area contributed by atoms with Crippen molar-refractivity contribution in [2.75, 3.05) is 0 Å². The van der Waals surface area contributed by atoms with Crippen molar-refractivity contribution in [1.82, 2.24) is 34.5 Å². The Bertz CT molecular complexity index is 2890. The minimum atomic E-state index is 0.570. The lowest BCUT2D eigenvalue weighted by atomic mass is 10.1. The summed E-state index contributed by atoms with van der Waals surface area (Å²) in [7, 11) is 0. The largest absolute Gasteiger partial charge is 0.309 e. The molecule has 0 N–H and O–H groups in total. The predicted octanol–water partition coefficient (Wildman–Crippen LogP) is 11.2. The third-order valence-corrected chi connectivity index (χ3v) is 9.72. The zero-order valence-corrected chi connectivity index (χ0v) is 29.5. The maximum Gasteiger partial charge on any atom is 0.166 e. The molecule has 0 aliphatic rings. The van der Waals surface area contributed by atoms with Gasteiger partial charge in [-0.05, 0) is 24.3 Å². The van der Waals surface area contributed by atoms with Crippen LogP contribution in [-0.2, 0) is 0 Å². The van der Waals surface area contributed by atoms with Gasteiger partial charge in [0.25, 0.3) is 0 Å². The highest BCUT2D eigenvalue weighted by molar-refractivity contribution is 6.13. The van der Waals surface area contributed by atoms with Gasteiger partial charge in [0.05, 0.1) is 11.0 Å². The number of rotatable bonds is 7. The summed E-state index contributed by atoms with van der Waals surface area (Å²) >= 11 is 0. The normalized spacial score (nSPS) is 11.3. The van der Waals surface area contributed by atoms with Gasteiger partial charge in [-0.25, -0.2) is 29.9 Å². The second kappa shape index (κ2) is 13.7. The van der Waals surface area contributed by atoms with Crippen molar-refractivity contribution < 1.29 is 0 Å². The van der Waals surface area contributed by atoms with Crippen LogP contribution in [0, 0.1) is 0 Å². The molecular formula is C48H31N7. The maximum absolute atomic E-state index is 5.19. The summed E-state index contributed by atoms with van der Waals surface area (Å²) in [5.41, 5.74) is 8.61. The first-order valence-corrected chi connectivity index (χ1v) is 18.1. The van der Waals surface area contributed by atoms with Gasteiger partial charge in [-0.1, -0.05) is 164 Å². The van der Waals surface area contributed by atoms with Crippen molar-refractivity contribution in [3.8, 4) is 74.0 Å². The highest BCUT2D eigenvalue weighted by Gasteiger charge is 2.20. The lowest BCUT2D eigenvalue weighted by Gasteiger charge is -2.13. The van der Waals surface area contributed by atoms with E-state index in [0.29, 0.717) is 34.9 Å². The molecule has 55 heavy (non-hydrogen) atoms. The molecule has 0 aliphatic heterocycles. The number of benzene rings is 7. The minimum absolute atomic E-state index is 0.570. The summed E-state index contributed by atoms with van der Waals surface area (Å²) in [6.45, 7) is 0. The Morgan fingerprint density at radius 2 is 0.636 bits per heavy atom. The zero-order chi connectivity index (χ0) is 36.6. The average Bonchev–Trinajstić information content (AvgIpc) is 3.62. The third kappa shape index (κ3) is 5.99. The minimum Gasteiger partial charge on any atom is -0.309 e. The summed E-state index contributed by atoms with van der Waals surface area (Å²) in [6.07, 6.45) is 0. The number of aromatic nitrogens is 7. The third-order valence-electron chi connectivity index (χ3n) is 9.72. The van der Waals surface area contributed by atoms with E-state index in [1.165, 1.54) is 5.39 Å². The molecule has 0 saturated carbocycles. The number of fused-ring (bicyclic) bond motifs is 3. The Morgan fingerprint density at radius 1 is 0.273 bits per heavy atom. The molecule has 3 aromatic heterocycles. The van der Waals surface area contributed by atoms with Crippen LogP contribution < -0.4 is 0 Å². The second-order valence-electron chi connectivity index (χ2n) is 13.2. The molecule has 7 aromatic carbocycles. The van der Waals surface area contributed by atoms with Gasteiger partial charge >= 0.3 is 0 Å². The van der Waals surface area contributed by atoms with Crippen LogP contribution in [0.2, 0.25) is 0 Å². The summed E-state index contributed by atoms with van der Waals surface area (Å²) in [5.74, 6) is 3.58. The Kier molecular flexibility index (Phi) is 8.00. The molecule has 0 radical (unpaired) electrons. The molecule has 0 spiro atoms. The van der Waals surface area contributed by atoms with E-state index in [2.05, 4.69) is 71.3 Å². The van der Waals surface area contributed by atoms with Gasteiger partial charge in [-0.3, -0.25) is 0 Å². The van der Waals surface area contributed by atoms with Gasteiger partial charge in [0.1, 0.15) is 0 Å². The molecule has 7 nitrogen and oxygen atoms in total. The first kappa shape index (κ1) is 32.0.